The summed E-state index contributed by atoms with van der Waals surface area (Å²) in [5.41, 5.74) is 3.30. The van der Waals surface area contributed by atoms with Crippen LogP contribution in [0.3, 0.4) is 0 Å². The first-order valence-electron chi connectivity index (χ1n) is 17.7. The van der Waals surface area contributed by atoms with Crippen molar-refractivity contribution in [3.63, 3.8) is 0 Å². The second kappa shape index (κ2) is 13.3. The predicted octanol–water partition coefficient (Wildman–Crippen LogP) is 7.80. The van der Waals surface area contributed by atoms with Crippen LogP contribution in [0.5, 0.6) is 0 Å². The van der Waals surface area contributed by atoms with Gasteiger partial charge in [-0.3, -0.25) is 0 Å². The molecule has 0 radical (unpaired) electrons. The number of aromatic nitrogens is 1. The number of benzene rings is 8. The van der Waals surface area contributed by atoms with Crippen LogP contribution in [0.4, 0.5) is 0 Å². The van der Waals surface area contributed by atoms with Crippen LogP contribution in [-0.2, 0) is 4.57 Å². The van der Waals surface area contributed by atoms with Gasteiger partial charge < -0.3 is 9.13 Å². The van der Waals surface area contributed by atoms with Crippen LogP contribution in [0.1, 0.15) is 0 Å². The van der Waals surface area contributed by atoms with Gasteiger partial charge in [-0.25, -0.2) is 0 Å². The van der Waals surface area contributed by atoms with Gasteiger partial charge in [0.25, 0.3) is 0 Å². The van der Waals surface area contributed by atoms with Gasteiger partial charge in [0.05, 0.1) is 11.0 Å². The molecule has 0 fully saturated rings. The number of para-hydroxylation sites is 1. The molecule has 2 nitrogen and oxygen atoms in total. The monoisotopic (exact) mass is 701 g/mol. The third kappa shape index (κ3) is 5.13. The maximum atomic E-state index is 15.7. The van der Waals surface area contributed by atoms with E-state index in [4.69, 9.17) is 0 Å². The highest BCUT2D eigenvalue weighted by Gasteiger charge is 2.41. The molecule has 0 N–H and O–H groups in total. The third-order valence-electron chi connectivity index (χ3n) is 10.4. The van der Waals surface area contributed by atoms with E-state index in [0.717, 1.165) is 43.4 Å². The summed E-state index contributed by atoms with van der Waals surface area (Å²) in [7, 11) is -6.00. The molecule has 248 valence electrons. The highest BCUT2D eigenvalue weighted by Crippen LogP contribution is 2.44. The lowest BCUT2D eigenvalue weighted by atomic mass is 10.1. The van der Waals surface area contributed by atoms with Crippen LogP contribution in [0.25, 0.3) is 27.5 Å². The summed E-state index contributed by atoms with van der Waals surface area (Å²) in [6.45, 7) is 0. The summed E-state index contributed by atoms with van der Waals surface area (Å²) in [5, 5.41) is 10.0. The molecule has 0 bridgehead atoms. The summed E-state index contributed by atoms with van der Waals surface area (Å²) in [4.78, 5) is 0. The molecule has 0 spiro atoms. The van der Waals surface area contributed by atoms with Crippen LogP contribution < -0.4 is 36.7 Å². The minimum atomic E-state index is -3.21. The average Bonchev–Trinajstić information content (AvgIpc) is 3.56. The maximum Gasteiger partial charge on any atom is 0.179 e. The van der Waals surface area contributed by atoms with E-state index in [1.165, 1.54) is 20.7 Å². The molecule has 9 aromatic rings. The van der Waals surface area contributed by atoms with Crippen molar-refractivity contribution in [1.29, 1.82) is 0 Å². The van der Waals surface area contributed by atoms with Crippen LogP contribution in [-0.4, -0.2) is 12.6 Å². The summed E-state index contributed by atoms with van der Waals surface area (Å²) in [5.74, 6) is 0. The van der Waals surface area contributed by atoms with E-state index in [9.17, 15) is 0 Å². The molecule has 9 rings (SSSR count). The highest BCUT2D eigenvalue weighted by atomic mass is 31.2. The molecular weight excluding hydrogens is 666 g/mol. The first-order valence-corrected chi connectivity index (χ1v) is 21.4. The fourth-order valence-corrected chi connectivity index (χ4v) is 15.5. The zero-order valence-corrected chi connectivity index (χ0v) is 30.5. The molecule has 0 aliphatic carbocycles. The Morgan fingerprint density at radius 3 is 1.19 bits per heavy atom. The van der Waals surface area contributed by atoms with Gasteiger partial charge in [-0.2, -0.15) is 0 Å². The van der Waals surface area contributed by atoms with Gasteiger partial charge in [-0.05, 0) is 57.1 Å². The molecule has 4 heteroatoms. The Hall–Kier alpha value is -5.99. The van der Waals surface area contributed by atoms with Crippen molar-refractivity contribution in [2.45, 2.75) is 0 Å². The van der Waals surface area contributed by atoms with E-state index in [1.807, 2.05) is 60.7 Å². The van der Waals surface area contributed by atoms with Crippen LogP contribution >= 0.6 is 7.14 Å². The fourth-order valence-electron chi connectivity index (χ4n) is 8.08. The largest absolute Gasteiger partial charge is 0.309 e. The summed E-state index contributed by atoms with van der Waals surface area (Å²) in [6.07, 6.45) is 0. The molecule has 0 saturated heterocycles. The Morgan fingerprint density at radius 2 is 0.731 bits per heavy atom. The van der Waals surface area contributed by atoms with Gasteiger partial charge in [0.1, 0.15) is 0 Å². The highest BCUT2D eigenvalue weighted by molar-refractivity contribution is 7.85. The molecular formula is C48H36NOPSi. The Morgan fingerprint density at radius 1 is 0.346 bits per heavy atom. The molecule has 1 aromatic heterocycles. The van der Waals surface area contributed by atoms with Gasteiger partial charge in [0.15, 0.2) is 15.2 Å². The Kier molecular flexibility index (Phi) is 8.16. The van der Waals surface area contributed by atoms with Gasteiger partial charge in [0, 0.05) is 32.4 Å². The van der Waals surface area contributed by atoms with Gasteiger partial charge in [-0.15, -0.1) is 0 Å². The van der Waals surface area contributed by atoms with E-state index >= 15 is 4.57 Å². The van der Waals surface area contributed by atoms with Gasteiger partial charge in [0.2, 0.25) is 0 Å². The number of nitrogens with zero attached hydrogens (tertiary/aromatic N) is 1. The van der Waals surface area contributed by atoms with Crippen molar-refractivity contribution in [1.82, 2.24) is 4.57 Å². The van der Waals surface area contributed by atoms with Crippen molar-refractivity contribution in [3.05, 3.63) is 218 Å². The second-order valence-corrected chi connectivity index (χ2v) is 19.8. The topological polar surface area (TPSA) is 22.0 Å². The molecule has 1 heterocycles. The Balaban J connectivity index is 1.39. The minimum absolute atomic E-state index is 0.826. The molecule has 0 unspecified atom stereocenters. The third-order valence-corrected chi connectivity index (χ3v) is 18.3. The predicted molar refractivity (Wildman–Crippen MR) is 224 cm³/mol. The van der Waals surface area contributed by atoms with Crippen molar-refractivity contribution >= 4 is 73.7 Å². The lowest BCUT2D eigenvalue weighted by Crippen LogP contribution is -2.74. The van der Waals surface area contributed by atoms with Crippen LogP contribution in [0.2, 0.25) is 0 Å². The maximum absolute atomic E-state index is 15.7. The van der Waals surface area contributed by atoms with E-state index in [-0.39, 0.29) is 0 Å². The lowest BCUT2D eigenvalue weighted by molar-refractivity contribution is 0.592. The Labute approximate surface area is 305 Å². The SMILES string of the molecule is O=P(c1ccccc1)(c1ccccc1)c1ccc2c(c1)c1cc([Si](c3ccccc3)(c3ccccc3)c3ccccc3)ccc1n2-c1ccccc1. The molecule has 0 aliphatic heterocycles. The molecule has 52 heavy (non-hydrogen) atoms. The molecule has 0 amide bonds. The molecule has 8 aromatic carbocycles. The molecule has 0 aliphatic rings. The molecule has 0 atom stereocenters. The number of fused-ring (bicyclic) bond motifs is 3. The van der Waals surface area contributed by atoms with E-state index in [0.29, 0.717) is 0 Å². The van der Waals surface area contributed by atoms with Crippen molar-refractivity contribution in [2.75, 3.05) is 0 Å². The Bertz CT molecular complexity index is 2540. The van der Waals surface area contributed by atoms with Crippen LogP contribution in [0, 0.1) is 0 Å². The summed E-state index contributed by atoms with van der Waals surface area (Å²) in [6, 6.07) is 77.2. The van der Waals surface area contributed by atoms with Crippen molar-refractivity contribution < 1.29 is 4.57 Å². The van der Waals surface area contributed by atoms with Gasteiger partial charge in [-0.1, -0.05) is 182 Å². The normalized spacial score (nSPS) is 11.9. The van der Waals surface area contributed by atoms with Crippen molar-refractivity contribution in [2.24, 2.45) is 0 Å². The van der Waals surface area contributed by atoms with E-state index < -0.39 is 15.2 Å². The summed E-state index contributed by atoms with van der Waals surface area (Å²) < 4.78 is 18.0. The summed E-state index contributed by atoms with van der Waals surface area (Å²) >= 11 is 0. The van der Waals surface area contributed by atoms with E-state index in [2.05, 4.69) is 162 Å². The number of hydrogen-bond donors (Lipinski definition) is 0. The first kappa shape index (κ1) is 32.0. The van der Waals surface area contributed by atoms with Crippen LogP contribution in [0.15, 0.2) is 218 Å². The lowest BCUT2D eigenvalue weighted by Gasteiger charge is -2.34. The standard InChI is InChI=1S/C48H36NOPSi/c50-51(38-21-9-2-10-22-38,39-23-11-3-12-24-39)40-31-33-47-45(35-40)46-36-44(32-34-48(46)49(47)37-19-7-1-8-20-37)52(41-25-13-4-14-26-41,42-27-15-5-16-28-42)43-29-17-6-18-30-43/h1-36H. The van der Waals surface area contributed by atoms with Crippen molar-refractivity contribution in [3.8, 4) is 5.69 Å². The fraction of sp³-hybridized carbons (Fsp3) is 0. The molecule has 0 saturated carbocycles. The van der Waals surface area contributed by atoms with E-state index in [1.54, 1.807) is 0 Å². The quantitative estimate of drug-likeness (QED) is 0.0901. The first-order chi connectivity index (χ1) is 25.7. The smallest absolute Gasteiger partial charge is 0.179 e. The second-order valence-electron chi connectivity index (χ2n) is 13.2. The zero-order chi connectivity index (χ0) is 35.0. The number of hydrogen-bond acceptors (Lipinski definition) is 1. The average molecular weight is 702 g/mol. The number of rotatable bonds is 8. The zero-order valence-electron chi connectivity index (χ0n) is 28.6. The van der Waals surface area contributed by atoms with Gasteiger partial charge >= 0.3 is 0 Å². The minimum Gasteiger partial charge on any atom is -0.309 e.